The van der Waals surface area contributed by atoms with Crippen LogP contribution in [0.25, 0.3) is 0 Å². The lowest BCUT2D eigenvalue weighted by atomic mass is 10.1. The van der Waals surface area contributed by atoms with E-state index in [0.717, 1.165) is 5.56 Å². The molecule has 1 rings (SSSR count). The summed E-state index contributed by atoms with van der Waals surface area (Å²) < 4.78 is 0. The molecule has 1 aromatic carbocycles. The van der Waals surface area contributed by atoms with E-state index in [0.29, 0.717) is 18.5 Å². The van der Waals surface area contributed by atoms with Crippen LogP contribution in [0.15, 0.2) is 24.3 Å². The highest BCUT2D eigenvalue weighted by atomic mass is 16.2. The fourth-order valence-corrected chi connectivity index (χ4v) is 1.37. The molecule has 0 fully saturated rings. The zero-order valence-electron chi connectivity index (χ0n) is 9.82. The lowest BCUT2D eigenvalue weighted by Crippen LogP contribution is -2.35. The normalized spacial score (nSPS) is 9.71. The Balaban J connectivity index is 2.34. The van der Waals surface area contributed by atoms with Gasteiger partial charge in [0, 0.05) is 19.2 Å². The van der Waals surface area contributed by atoms with Gasteiger partial charge in [-0.1, -0.05) is 18.2 Å². The van der Waals surface area contributed by atoms with Crippen LogP contribution in [0.4, 0.5) is 5.69 Å². The van der Waals surface area contributed by atoms with Crippen LogP contribution in [0.2, 0.25) is 0 Å². The zero-order chi connectivity index (χ0) is 12.7. The molecule has 92 valence electrons. The van der Waals surface area contributed by atoms with Crippen LogP contribution >= 0.6 is 0 Å². The number of anilines is 1. The predicted molar refractivity (Wildman–Crippen MR) is 66.3 cm³/mol. The van der Waals surface area contributed by atoms with Crippen molar-refractivity contribution in [2.75, 3.05) is 19.3 Å². The largest absolute Gasteiger partial charge is 0.399 e. The summed E-state index contributed by atoms with van der Waals surface area (Å²) >= 11 is 0. The van der Waals surface area contributed by atoms with Gasteiger partial charge in [0.2, 0.25) is 11.8 Å². The molecule has 0 aromatic heterocycles. The molecule has 0 heterocycles. The van der Waals surface area contributed by atoms with Crippen LogP contribution < -0.4 is 16.4 Å². The summed E-state index contributed by atoms with van der Waals surface area (Å²) in [6, 6.07) is 7.43. The van der Waals surface area contributed by atoms with Gasteiger partial charge in [-0.05, 0) is 18.1 Å². The lowest BCUT2D eigenvalue weighted by Gasteiger charge is -2.06. The third-order valence-corrected chi connectivity index (χ3v) is 2.40. The Morgan fingerprint density at radius 1 is 1.24 bits per heavy atom. The first-order chi connectivity index (χ1) is 8.13. The second-order valence-corrected chi connectivity index (χ2v) is 3.65. The second-order valence-electron chi connectivity index (χ2n) is 3.65. The van der Waals surface area contributed by atoms with Gasteiger partial charge in [0.1, 0.15) is 0 Å². The number of aryl methyl sites for hydroxylation is 1. The zero-order valence-corrected chi connectivity index (χ0v) is 9.82. The number of likely N-dealkylation sites (N-methyl/N-ethyl adjacent to an activating group) is 1. The van der Waals surface area contributed by atoms with Crippen molar-refractivity contribution in [1.82, 2.24) is 10.6 Å². The quantitative estimate of drug-likeness (QED) is 0.631. The van der Waals surface area contributed by atoms with Gasteiger partial charge in [-0.15, -0.1) is 0 Å². The molecule has 0 aliphatic heterocycles. The molecule has 0 saturated carbocycles. The molecule has 0 unspecified atom stereocenters. The smallest absolute Gasteiger partial charge is 0.239 e. The Labute approximate surface area is 100 Å². The minimum atomic E-state index is -0.211. The number of carbonyl (C=O) groups excluding carboxylic acids is 2. The van der Waals surface area contributed by atoms with Crippen LogP contribution in [0.1, 0.15) is 12.0 Å². The van der Waals surface area contributed by atoms with Crippen LogP contribution in [0, 0.1) is 0 Å². The van der Waals surface area contributed by atoms with Gasteiger partial charge in [0.25, 0.3) is 0 Å². The first-order valence-corrected chi connectivity index (χ1v) is 5.44. The highest BCUT2D eigenvalue weighted by molar-refractivity contribution is 5.84. The van der Waals surface area contributed by atoms with Crippen LogP contribution in [-0.2, 0) is 16.0 Å². The number of para-hydroxylation sites is 1. The van der Waals surface area contributed by atoms with Crippen LogP contribution in [0.3, 0.4) is 0 Å². The number of carbonyl (C=O) groups is 2. The summed E-state index contributed by atoms with van der Waals surface area (Å²) in [6.07, 6.45) is 0.900. The summed E-state index contributed by atoms with van der Waals surface area (Å²) in [4.78, 5) is 22.3. The summed E-state index contributed by atoms with van der Waals surface area (Å²) in [7, 11) is 1.53. The van der Waals surface area contributed by atoms with Gasteiger partial charge in [0.05, 0.1) is 6.54 Å². The maximum Gasteiger partial charge on any atom is 0.239 e. The standard InChI is InChI=1S/C12H17N3O2/c1-14-12(17)8-15-11(16)7-6-9-4-2-3-5-10(9)13/h2-5H,6-8,13H2,1H3,(H,14,17)(H,15,16). The fourth-order valence-electron chi connectivity index (χ4n) is 1.37. The number of hydrogen-bond acceptors (Lipinski definition) is 3. The molecule has 5 heteroatoms. The van der Waals surface area contributed by atoms with Crippen molar-refractivity contribution in [2.45, 2.75) is 12.8 Å². The van der Waals surface area contributed by atoms with E-state index in [9.17, 15) is 9.59 Å². The minimum Gasteiger partial charge on any atom is -0.399 e. The summed E-state index contributed by atoms with van der Waals surface area (Å²) in [5, 5.41) is 4.96. The van der Waals surface area contributed by atoms with E-state index in [1.54, 1.807) is 6.07 Å². The molecule has 2 amide bonds. The van der Waals surface area contributed by atoms with E-state index in [4.69, 9.17) is 5.73 Å². The van der Waals surface area contributed by atoms with Crippen LogP contribution in [-0.4, -0.2) is 25.4 Å². The fraction of sp³-hybridized carbons (Fsp3) is 0.333. The van der Waals surface area contributed by atoms with Crippen molar-refractivity contribution < 1.29 is 9.59 Å². The molecular weight excluding hydrogens is 218 g/mol. The molecule has 0 radical (unpaired) electrons. The molecule has 0 saturated heterocycles. The highest BCUT2D eigenvalue weighted by Crippen LogP contribution is 2.12. The Kier molecular flexibility index (Phi) is 5.00. The molecule has 0 aliphatic carbocycles. The third-order valence-electron chi connectivity index (χ3n) is 2.40. The molecular formula is C12H17N3O2. The molecule has 0 atom stereocenters. The van der Waals surface area contributed by atoms with Crippen molar-refractivity contribution in [3.63, 3.8) is 0 Å². The van der Waals surface area contributed by atoms with Gasteiger partial charge in [-0.3, -0.25) is 9.59 Å². The molecule has 0 aliphatic rings. The summed E-state index contributed by atoms with van der Waals surface area (Å²) in [5.41, 5.74) is 7.39. The minimum absolute atomic E-state index is 0.0135. The van der Waals surface area contributed by atoms with E-state index < -0.39 is 0 Å². The Morgan fingerprint density at radius 3 is 2.59 bits per heavy atom. The second kappa shape index (κ2) is 6.52. The average Bonchev–Trinajstić information content (AvgIpc) is 2.35. The van der Waals surface area contributed by atoms with E-state index in [1.165, 1.54) is 7.05 Å². The molecule has 17 heavy (non-hydrogen) atoms. The number of nitrogens with two attached hydrogens (primary N) is 1. The number of amides is 2. The SMILES string of the molecule is CNC(=O)CNC(=O)CCc1ccccc1N. The molecule has 5 nitrogen and oxygen atoms in total. The van der Waals surface area contributed by atoms with Gasteiger partial charge >= 0.3 is 0 Å². The summed E-state index contributed by atoms with van der Waals surface area (Å²) in [5.74, 6) is -0.366. The first kappa shape index (κ1) is 13.0. The van der Waals surface area contributed by atoms with E-state index in [2.05, 4.69) is 10.6 Å². The van der Waals surface area contributed by atoms with Gasteiger partial charge in [0.15, 0.2) is 0 Å². The van der Waals surface area contributed by atoms with E-state index in [-0.39, 0.29) is 18.4 Å². The Morgan fingerprint density at radius 2 is 1.94 bits per heavy atom. The number of rotatable bonds is 5. The number of nitrogen functional groups attached to an aromatic ring is 1. The van der Waals surface area contributed by atoms with Crippen molar-refractivity contribution >= 4 is 17.5 Å². The Hall–Kier alpha value is -2.04. The van der Waals surface area contributed by atoms with Crippen molar-refractivity contribution in [2.24, 2.45) is 0 Å². The van der Waals surface area contributed by atoms with Crippen molar-refractivity contribution in [3.05, 3.63) is 29.8 Å². The number of hydrogen-bond donors (Lipinski definition) is 3. The average molecular weight is 235 g/mol. The van der Waals surface area contributed by atoms with E-state index in [1.807, 2.05) is 18.2 Å². The molecule has 0 bridgehead atoms. The highest BCUT2D eigenvalue weighted by Gasteiger charge is 2.05. The third kappa shape index (κ3) is 4.55. The molecule has 0 spiro atoms. The van der Waals surface area contributed by atoms with E-state index >= 15 is 0 Å². The number of nitrogens with one attached hydrogen (secondary N) is 2. The van der Waals surface area contributed by atoms with Gasteiger partial charge < -0.3 is 16.4 Å². The number of benzene rings is 1. The maximum absolute atomic E-state index is 11.4. The maximum atomic E-state index is 11.4. The monoisotopic (exact) mass is 235 g/mol. The Bertz CT molecular complexity index is 404. The van der Waals surface area contributed by atoms with Crippen LogP contribution in [0.5, 0.6) is 0 Å². The lowest BCUT2D eigenvalue weighted by molar-refractivity contribution is -0.125. The van der Waals surface area contributed by atoms with Gasteiger partial charge in [-0.2, -0.15) is 0 Å². The predicted octanol–water partition coefficient (Wildman–Crippen LogP) is 0.0636. The summed E-state index contributed by atoms with van der Waals surface area (Å²) in [6.45, 7) is 0.0135. The first-order valence-electron chi connectivity index (χ1n) is 5.44. The molecule has 1 aromatic rings. The topological polar surface area (TPSA) is 84.2 Å². The van der Waals surface area contributed by atoms with Crippen molar-refractivity contribution in [1.29, 1.82) is 0 Å². The van der Waals surface area contributed by atoms with Crippen molar-refractivity contribution in [3.8, 4) is 0 Å². The van der Waals surface area contributed by atoms with Gasteiger partial charge in [-0.25, -0.2) is 0 Å². The molecule has 4 N–H and O–H groups in total.